The molecule has 1 aliphatic rings. The molecule has 0 radical (unpaired) electrons. The van der Waals surface area contributed by atoms with Crippen molar-refractivity contribution in [3.63, 3.8) is 0 Å². The predicted octanol–water partition coefficient (Wildman–Crippen LogP) is 3.49. The Morgan fingerprint density at radius 1 is 1.44 bits per heavy atom. The average molecular weight is 418 g/mol. The molecule has 1 aromatic carbocycles. The SMILES string of the molecule is Brc1ccc(I)c(-n2cnc(CNC3CC3)c2)c1. The molecule has 3 rings (SSSR count). The van der Waals surface area contributed by atoms with E-state index in [0.29, 0.717) is 0 Å². The number of halogens is 2. The Labute approximate surface area is 128 Å². The standard InChI is InChI=1S/C13H13BrIN3/c14-9-1-4-12(15)13(5-9)18-7-11(17-8-18)6-16-10-2-3-10/h1,4-5,7-8,10,16H,2-3,6H2. The molecule has 0 bridgehead atoms. The lowest BCUT2D eigenvalue weighted by Crippen LogP contribution is -2.15. The number of nitrogens with zero attached hydrogens (tertiary/aromatic N) is 2. The fraction of sp³-hybridized carbons (Fsp3) is 0.308. The lowest BCUT2D eigenvalue weighted by molar-refractivity contribution is 0.677. The minimum Gasteiger partial charge on any atom is -0.308 e. The first-order valence-corrected chi connectivity index (χ1v) is 7.81. The summed E-state index contributed by atoms with van der Waals surface area (Å²) < 4.78 is 4.38. The van der Waals surface area contributed by atoms with Gasteiger partial charge in [-0.05, 0) is 53.6 Å². The van der Waals surface area contributed by atoms with Crippen LogP contribution in [-0.2, 0) is 6.54 Å². The van der Waals surface area contributed by atoms with Gasteiger partial charge in [-0.1, -0.05) is 15.9 Å². The van der Waals surface area contributed by atoms with Crippen LogP contribution < -0.4 is 5.32 Å². The van der Waals surface area contributed by atoms with Gasteiger partial charge in [0.25, 0.3) is 0 Å². The molecular weight excluding hydrogens is 405 g/mol. The van der Waals surface area contributed by atoms with Gasteiger partial charge in [-0.15, -0.1) is 0 Å². The van der Waals surface area contributed by atoms with Crippen molar-refractivity contribution in [1.82, 2.24) is 14.9 Å². The number of hydrogen-bond acceptors (Lipinski definition) is 2. The van der Waals surface area contributed by atoms with Crippen molar-refractivity contribution in [1.29, 1.82) is 0 Å². The lowest BCUT2D eigenvalue weighted by atomic mass is 10.3. The molecule has 0 atom stereocenters. The number of hydrogen-bond donors (Lipinski definition) is 1. The van der Waals surface area contributed by atoms with Crippen LogP contribution in [0.5, 0.6) is 0 Å². The molecule has 0 aliphatic heterocycles. The summed E-state index contributed by atoms with van der Waals surface area (Å²) in [5, 5.41) is 3.48. The van der Waals surface area contributed by atoms with E-state index in [0.717, 1.165) is 28.4 Å². The van der Waals surface area contributed by atoms with Gasteiger partial charge in [0.1, 0.15) is 0 Å². The van der Waals surface area contributed by atoms with Gasteiger partial charge in [-0.3, -0.25) is 0 Å². The van der Waals surface area contributed by atoms with Crippen molar-refractivity contribution < 1.29 is 0 Å². The lowest BCUT2D eigenvalue weighted by Gasteiger charge is -2.05. The van der Waals surface area contributed by atoms with Crippen LogP contribution in [0.2, 0.25) is 0 Å². The van der Waals surface area contributed by atoms with E-state index in [1.165, 1.54) is 16.4 Å². The van der Waals surface area contributed by atoms with E-state index < -0.39 is 0 Å². The Balaban J connectivity index is 1.80. The van der Waals surface area contributed by atoms with E-state index in [1.807, 2.05) is 6.33 Å². The van der Waals surface area contributed by atoms with Gasteiger partial charge >= 0.3 is 0 Å². The summed E-state index contributed by atoms with van der Waals surface area (Å²) >= 11 is 5.86. The van der Waals surface area contributed by atoms with Gasteiger partial charge in [0.2, 0.25) is 0 Å². The summed E-state index contributed by atoms with van der Waals surface area (Å²) in [5.74, 6) is 0. The molecule has 0 unspecified atom stereocenters. The smallest absolute Gasteiger partial charge is 0.0996 e. The average Bonchev–Trinajstić information content (AvgIpc) is 3.08. The second-order valence-electron chi connectivity index (χ2n) is 4.52. The van der Waals surface area contributed by atoms with Gasteiger partial charge < -0.3 is 9.88 Å². The van der Waals surface area contributed by atoms with E-state index in [9.17, 15) is 0 Å². The molecule has 18 heavy (non-hydrogen) atoms. The molecule has 0 saturated heterocycles. The zero-order valence-corrected chi connectivity index (χ0v) is 13.5. The van der Waals surface area contributed by atoms with Crippen LogP contribution >= 0.6 is 38.5 Å². The molecule has 3 nitrogen and oxygen atoms in total. The number of imidazole rings is 1. The van der Waals surface area contributed by atoms with Crippen LogP contribution in [0.15, 0.2) is 35.2 Å². The summed E-state index contributed by atoms with van der Waals surface area (Å²) in [5.41, 5.74) is 2.26. The summed E-state index contributed by atoms with van der Waals surface area (Å²) in [6, 6.07) is 6.99. The summed E-state index contributed by atoms with van der Waals surface area (Å²) in [6.45, 7) is 0.863. The summed E-state index contributed by atoms with van der Waals surface area (Å²) in [6.07, 6.45) is 6.60. The van der Waals surface area contributed by atoms with Crippen LogP contribution in [0.4, 0.5) is 0 Å². The summed E-state index contributed by atoms with van der Waals surface area (Å²) in [4.78, 5) is 4.44. The van der Waals surface area contributed by atoms with Crippen LogP contribution in [0, 0.1) is 3.57 Å². The van der Waals surface area contributed by atoms with E-state index in [-0.39, 0.29) is 0 Å². The Morgan fingerprint density at radius 2 is 2.28 bits per heavy atom. The number of benzene rings is 1. The van der Waals surface area contributed by atoms with Gasteiger partial charge in [-0.2, -0.15) is 0 Å². The largest absolute Gasteiger partial charge is 0.308 e. The summed E-state index contributed by atoms with van der Waals surface area (Å²) in [7, 11) is 0. The highest BCUT2D eigenvalue weighted by molar-refractivity contribution is 14.1. The van der Waals surface area contributed by atoms with Crippen LogP contribution in [0.1, 0.15) is 18.5 Å². The van der Waals surface area contributed by atoms with Crippen LogP contribution in [-0.4, -0.2) is 15.6 Å². The zero-order chi connectivity index (χ0) is 12.5. The van der Waals surface area contributed by atoms with Crippen LogP contribution in [0.3, 0.4) is 0 Å². The highest BCUT2D eigenvalue weighted by Crippen LogP contribution is 2.22. The van der Waals surface area contributed by atoms with Gasteiger partial charge in [-0.25, -0.2) is 4.98 Å². The van der Waals surface area contributed by atoms with Crippen LogP contribution in [0.25, 0.3) is 5.69 Å². The van der Waals surface area contributed by atoms with Crippen molar-refractivity contribution in [3.8, 4) is 5.69 Å². The molecule has 2 aromatic rings. The second-order valence-corrected chi connectivity index (χ2v) is 6.60. The maximum atomic E-state index is 4.44. The second kappa shape index (κ2) is 5.30. The molecule has 0 spiro atoms. The van der Waals surface area contributed by atoms with Gasteiger partial charge in [0.05, 0.1) is 17.7 Å². The Bertz CT molecular complexity index is 563. The maximum absolute atomic E-state index is 4.44. The molecule has 1 N–H and O–H groups in total. The molecule has 5 heteroatoms. The number of nitrogens with one attached hydrogen (secondary N) is 1. The fourth-order valence-electron chi connectivity index (χ4n) is 1.81. The molecule has 0 amide bonds. The topological polar surface area (TPSA) is 29.9 Å². The minimum absolute atomic E-state index is 0.723. The monoisotopic (exact) mass is 417 g/mol. The Kier molecular flexibility index (Phi) is 3.72. The molecule has 1 heterocycles. The van der Waals surface area contributed by atoms with Crippen molar-refractivity contribution in [3.05, 3.63) is 44.5 Å². The third kappa shape index (κ3) is 2.95. The third-order valence-corrected chi connectivity index (χ3v) is 4.38. The van der Waals surface area contributed by atoms with Gasteiger partial charge in [0, 0.05) is 26.8 Å². The minimum atomic E-state index is 0.723. The number of aromatic nitrogens is 2. The molecule has 94 valence electrons. The first-order valence-electron chi connectivity index (χ1n) is 5.94. The Hall–Kier alpha value is -0.400. The van der Waals surface area contributed by atoms with E-state index in [2.05, 4.69) is 77.8 Å². The van der Waals surface area contributed by atoms with Gasteiger partial charge in [0.15, 0.2) is 0 Å². The predicted molar refractivity (Wildman–Crippen MR) is 83.8 cm³/mol. The molecule has 1 saturated carbocycles. The molecule has 1 aromatic heterocycles. The van der Waals surface area contributed by atoms with Crippen molar-refractivity contribution in [2.75, 3.05) is 0 Å². The fourth-order valence-corrected chi connectivity index (χ4v) is 2.77. The third-order valence-electron chi connectivity index (χ3n) is 2.97. The highest BCUT2D eigenvalue weighted by atomic mass is 127. The maximum Gasteiger partial charge on any atom is 0.0996 e. The first-order chi connectivity index (χ1) is 8.72. The van der Waals surface area contributed by atoms with E-state index in [4.69, 9.17) is 0 Å². The van der Waals surface area contributed by atoms with E-state index in [1.54, 1.807) is 0 Å². The number of rotatable bonds is 4. The highest BCUT2D eigenvalue weighted by Gasteiger charge is 2.20. The molecular formula is C13H13BrIN3. The quantitative estimate of drug-likeness (QED) is 0.771. The zero-order valence-electron chi connectivity index (χ0n) is 9.74. The normalized spacial score (nSPS) is 15.0. The van der Waals surface area contributed by atoms with Crippen molar-refractivity contribution >= 4 is 38.5 Å². The van der Waals surface area contributed by atoms with Crippen molar-refractivity contribution in [2.24, 2.45) is 0 Å². The van der Waals surface area contributed by atoms with E-state index >= 15 is 0 Å². The molecule has 1 aliphatic carbocycles. The van der Waals surface area contributed by atoms with Crippen molar-refractivity contribution in [2.45, 2.75) is 25.4 Å². The first kappa shape index (κ1) is 12.6. The Morgan fingerprint density at radius 3 is 3.06 bits per heavy atom. The molecule has 1 fully saturated rings.